The first kappa shape index (κ1) is 10.4. The molecule has 0 saturated heterocycles. The van der Waals surface area contributed by atoms with Crippen molar-refractivity contribution in [2.45, 2.75) is 49.3 Å². The maximum atomic E-state index is 11.7. The summed E-state index contributed by atoms with van der Waals surface area (Å²) < 4.78 is 23.1. The van der Waals surface area contributed by atoms with E-state index in [1.54, 1.807) is 0 Å². The molecule has 0 radical (unpaired) electrons. The summed E-state index contributed by atoms with van der Waals surface area (Å²) in [5.41, 5.74) is 0. The van der Waals surface area contributed by atoms with Crippen LogP contribution in [0.25, 0.3) is 0 Å². The van der Waals surface area contributed by atoms with Gasteiger partial charge in [0.05, 0.1) is 4.75 Å². The van der Waals surface area contributed by atoms with Crippen molar-refractivity contribution in [1.82, 2.24) is 5.32 Å². The van der Waals surface area contributed by atoms with Crippen molar-refractivity contribution in [1.29, 1.82) is 0 Å². The Morgan fingerprint density at radius 3 is 2.29 bits per heavy atom. The van der Waals surface area contributed by atoms with Crippen molar-refractivity contribution in [3.8, 4) is 0 Å². The third kappa shape index (κ3) is 1.96. The highest BCUT2D eigenvalue weighted by atomic mass is 32.2. The molecule has 0 aliphatic heterocycles. The first-order valence-electron chi connectivity index (χ1n) is 5.47. The molecule has 14 heavy (non-hydrogen) atoms. The van der Waals surface area contributed by atoms with E-state index in [1.807, 2.05) is 0 Å². The molecule has 2 rings (SSSR count). The number of nitrogens with one attached hydrogen (secondary N) is 1. The SMILES string of the molecule is CS(=O)(=O)C1(CNC2CC2)CCCC1. The minimum absolute atomic E-state index is 0.435. The fourth-order valence-corrected chi connectivity index (χ4v) is 3.69. The van der Waals surface area contributed by atoms with Crippen LogP contribution >= 0.6 is 0 Å². The molecule has 0 spiro atoms. The smallest absolute Gasteiger partial charge is 0.154 e. The first-order valence-corrected chi connectivity index (χ1v) is 7.36. The molecular formula is C10H19NO2S. The van der Waals surface area contributed by atoms with Crippen LogP contribution in [0.2, 0.25) is 0 Å². The molecule has 2 saturated carbocycles. The van der Waals surface area contributed by atoms with E-state index in [-0.39, 0.29) is 0 Å². The lowest BCUT2D eigenvalue weighted by Crippen LogP contribution is -2.45. The Balaban J connectivity index is 2.04. The number of hydrogen-bond donors (Lipinski definition) is 1. The summed E-state index contributed by atoms with van der Waals surface area (Å²) in [7, 11) is -2.89. The Bertz CT molecular complexity index is 300. The van der Waals surface area contributed by atoms with Crippen molar-refractivity contribution < 1.29 is 8.42 Å². The summed E-state index contributed by atoms with van der Waals surface area (Å²) >= 11 is 0. The van der Waals surface area contributed by atoms with E-state index in [2.05, 4.69) is 5.32 Å². The van der Waals surface area contributed by atoms with E-state index < -0.39 is 14.6 Å². The third-order valence-corrected chi connectivity index (χ3v) is 5.72. The molecule has 1 N–H and O–H groups in total. The van der Waals surface area contributed by atoms with Gasteiger partial charge in [-0.05, 0) is 25.7 Å². The molecule has 0 amide bonds. The van der Waals surface area contributed by atoms with Crippen LogP contribution in [0.5, 0.6) is 0 Å². The largest absolute Gasteiger partial charge is 0.312 e. The Kier molecular flexibility index (Phi) is 2.60. The highest BCUT2D eigenvalue weighted by Gasteiger charge is 2.43. The van der Waals surface area contributed by atoms with Gasteiger partial charge in [0.25, 0.3) is 0 Å². The van der Waals surface area contributed by atoms with Crippen molar-refractivity contribution in [3.05, 3.63) is 0 Å². The van der Waals surface area contributed by atoms with Gasteiger partial charge in [0.2, 0.25) is 0 Å². The average molecular weight is 217 g/mol. The van der Waals surface area contributed by atoms with E-state index >= 15 is 0 Å². The maximum Gasteiger partial charge on any atom is 0.154 e. The summed E-state index contributed by atoms with van der Waals surface area (Å²) in [5.74, 6) is 0. The van der Waals surface area contributed by atoms with Gasteiger partial charge in [0.15, 0.2) is 9.84 Å². The van der Waals surface area contributed by atoms with Gasteiger partial charge in [-0.3, -0.25) is 0 Å². The zero-order chi connectivity index (χ0) is 10.2. The van der Waals surface area contributed by atoms with Crippen LogP contribution in [0, 0.1) is 0 Å². The van der Waals surface area contributed by atoms with Gasteiger partial charge in [-0.25, -0.2) is 8.42 Å². The molecule has 0 aromatic rings. The van der Waals surface area contributed by atoms with Crippen molar-refractivity contribution in [2.24, 2.45) is 0 Å². The van der Waals surface area contributed by atoms with E-state index in [0.29, 0.717) is 12.6 Å². The van der Waals surface area contributed by atoms with Crippen LogP contribution in [0.4, 0.5) is 0 Å². The quantitative estimate of drug-likeness (QED) is 0.767. The minimum Gasteiger partial charge on any atom is -0.312 e. The second kappa shape index (κ2) is 3.49. The van der Waals surface area contributed by atoms with Gasteiger partial charge in [-0.2, -0.15) is 0 Å². The fourth-order valence-electron chi connectivity index (χ4n) is 2.32. The summed E-state index contributed by atoms with van der Waals surface area (Å²) in [6.45, 7) is 0.677. The Morgan fingerprint density at radius 2 is 1.86 bits per heavy atom. The van der Waals surface area contributed by atoms with Crippen LogP contribution < -0.4 is 5.32 Å². The van der Waals surface area contributed by atoms with E-state index in [4.69, 9.17) is 0 Å². The lowest BCUT2D eigenvalue weighted by Gasteiger charge is -2.27. The standard InChI is InChI=1S/C10H19NO2S/c1-14(12,13)10(6-2-3-7-10)8-11-9-4-5-9/h9,11H,2-8H2,1H3. The van der Waals surface area contributed by atoms with Crippen molar-refractivity contribution in [3.63, 3.8) is 0 Å². The van der Waals surface area contributed by atoms with Crippen LogP contribution in [-0.4, -0.2) is 32.0 Å². The zero-order valence-corrected chi connectivity index (χ0v) is 9.57. The van der Waals surface area contributed by atoms with E-state index in [9.17, 15) is 8.42 Å². The lowest BCUT2D eigenvalue weighted by atomic mass is 10.1. The highest BCUT2D eigenvalue weighted by molar-refractivity contribution is 7.92. The molecule has 2 aliphatic carbocycles. The molecule has 0 heterocycles. The Hall–Kier alpha value is -0.0900. The maximum absolute atomic E-state index is 11.7. The van der Waals surface area contributed by atoms with E-state index in [1.165, 1.54) is 19.1 Å². The summed E-state index contributed by atoms with van der Waals surface area (Å²) in [4.78, 5) is 0. The highest BCUT2D eigenvalue weighted by Crippen LogP contribution is 2.36. The number of hydrogen-bond acceptors (Lipinski definition) is 3. The van der Waals surface area contributed by atoms with Gasteiger partial charge < -0.3 is 5.32 Å². The van der Waals surface area contributed by atoms with Crippen LogP contribution in [0.3, 0.4) is 0 Å². The molecule has 2 aliphatic rings. The molecule has 0 unspecified atom stereocenters. The second-order valence-electron chi connectivity index (χ2n) is 4.82. The second-order valence-corrected chi connectivity index (χ2v) is 7.23. The Morgan fingerprint density at radius 1 is 1.29 bits per heavy atom. The average Bonchev–Trinajstić information content (AvgIpc) is 2.78. The summed E-state index contributed by atoms with van der Waals surface area (Å²) in [6.07, 6.45) is 7.68. The van der Waals surface area contributed by atoms with E-state index in [0.717, 1.165) is 25.7 Å². The molecule has 3 nitrogen and oxygen atoms in total. The minimum atomic E-state index is -2.89. The molecule has 0 bridgehead atoms. The third-order valence-electron chi connectivity index (χ3n) is 3.59. The van der Waals surface area contributed by atoms with Gasteiger partial charge in [0.1, 0.15) is 0 Å². The van der Waals surface area contributed by atoms with Gasteiger partial charge in [-0.1, -0.05) is 12.8 Å². The normalized spacial score (nSPS) is 26.6. The Labute approximate surface area is 86.2 Å². The predicted octanol–water partition coefficient (Wildman–Crippen LogP) is 1.10. The summed E-state index contributed by atoms with van der Waals surface area (Å²) in [6, 6.07) is 0.606. The van der Waals surface area contributed by atoms with Crippen molar-refractivity contribution >= 4 is 9.84 Å². The molecular weight excluding hydrogens is 198 g/mol. The summed E-state index contributed by atoms with van der Waals surface area (Å²) in [5, 5.41) is 3.37. The molecule has 0 atom stereocenters. The zero-order valence-electron chi connectivity index (χ0n) is 8.75. The predicted molar refractivity (Wildman–Crippen MR) is 57.1 cm³/mol. The van der Waals surface area contributed by atoms with Gasteiger partial charge in [0, 0.05) is 18.8 Å². The van der Waals surface area contributed by atoms with Crippen LogP contribution in [0.1, 0.15) is 38.5 Å². The first-order chi connectivity index (χ1) is 6.54. The van der Waals surface area contributed by atoms with Crippen LogP contribution in [-0.2, 0) is 9.84 Å². The fraction of sp³-hybridized carbons (Fsp3) is 1.00. The monoisotopic (exact) mass is 217 g/mol. The molecule has 2 fully saturated rings. The van der Waals surface area contributed by atoms with Gasteiger partial charge in [-0.15, -0.1) is 0 Å². The lowest BCUT2D eigenvalue weighted by molar-refractivity contribution is 0.480. The van der Waals surface area contributed by atoms with Crippen LogP contribution in [0.15, 0.2) is 0 Å². The number of rotatable bonds is 4. The van der Waals surface area contributed by atoms with Crippen molar-refractivity contribution in [2.75, 3.05) is 12.8 Å². The molecule has 0 aromatic heterocycles. The van der Waals surface area contributed by atoms with Gasteiger partial charge >= 0.3 is 0 Å². The molecule has 0 aromatic carbocycles. The molecule has 82 valence electrons. The molecule has 4 heteroatoms. The number of sulfone groups is 1. The topological polar surface area (TPSA) is 46.2 Å².